The summed E-state index contributed by atoms with van der Waals surface area (Å²) in [7, 11) is 0. The maximum Gasteiger partial charge on any atom is 0.309 e. The molecule has 0 aromatic heterocycles. The average molecular weight is 749 g/mol. The van der Waals surface area contributed by atoms with Crippen LogP contribution in [0.25, 0.3) is 0 Å². The van der Waals surface area contributed by atoms with E-state index in [0.29, 0.717) is 64.2 Å². The van der Waals surface area contributed by atoms with Gasteiger partial charge in [-0.25, -0.2) is 0 Å². The van der Waals surface area contributed by atoms with Crippen LogP contribution in [0.3, 0.4) is 0 Å². The van der Waals surface area contributed by atoms with E-state index in [0.717, 1.165) is 12.8 Å². The molecule has 0 aromatic carbocycles. The number of ether oxygens (including phenoxy) is 5. The Bertz CT molecular complexity index is 1340. The van der Waals surface area contributed by atoms with Crippen molar-refractivity contribution in [1.82, 2.24) is 0 Å². The first-order valence-electron chi connectivity index (χ1n) is 21.2. The first-order chi connectivity index (χ1) is 24.7. The summed E-state index contributed by atoms with van der Waals surface area (Å²) >= 11 is 0. The Balaban J connectivity index is 1.29. The van der Waals surface area contributed by atoms with E-state index in [4.69, 9.17) is 23.7 Å². The van der Waals surface area contributed by atoms with Crippen LogP contribution >= 0.6 is 0 Å². The summed E-state index contributed by atoms with van der Waals surface area (Å²) in [5.74, 6) is -3.93. The lowest BCUT2D eigenvalue weighted by Crippen LogP contribution is -2.63. The van der Waals surface area contributed by atoms with Gasteiger partial charge in [0.2, 0.25) is 5.79 Å². The van der Waals surface area contributed by atoms with Crippen LogP contribution in [-0.4, -0.2) is 80.5 Å². The van der Waals surface area contributed by atoms with Crippen LogP contribution in [0.4, 0.5) is 0 Å². The lowest BCUT2D eigenvalue weighted by molar-refractivity contribution is -0.405. The molecule has 0 aromatic rings. The number of carboxylic acids is 1. The predicted octanol–water partition coefficient (Wildman–Crippen LogP) is 8.04. The number of carboxylic acid groups (broad SMARTS) is 1. The van der Waals surface area contributed by atoms with E-state index in [9.17, 15) is 24.6 Å². The number of aliphatic carboxylic acids is 1. The summed E-state index contributed by atoms with van der Waals surface area (Å²) in [5.41, 5.74) is -2.35. The van der Waals surface area contributed by atoms with E-state index in [1.807, 2.05) is 41.5 Å². The minimum atomic E-state index is -1.44. The molecule has 10 heteroatoms. The molecule has 5 saturated heterocycles. The van der Waals surface area contributed by atoms with Crippen molar-refractivity contribution in [2.45, 2.75) is 212 Å². The zero-order valence-corrected chi connectivity index (χ0v) is 34.7. The molecule has 0 amide bonds. The highest BCUT2D eigenvalue weighted by Gasteiger charge is 2.64. The van der Waals surface area contributed by atoms with Gasteiger partial charge in [-0.1, -0.05) is 55.4 Å². The Kier molecular flexibility index (Phi) is 12.8. The number of carbonyl (C=O) groups is 3. The minimum absolute atomic E-state index is 0.0123. The molecule has 2 N–H and O–H groups in total. The Morgan fingerprint density at radius 1 is 0.868 bits per heavy atom. The Morgan fingerprint density at radius 2 is 1.57 bits per heavy atom. The summed E-state index contributed by atoms with van der Waals surface area (Å²) in [5, 5.41) is 21.0. The van der Waals surface area contributed by atoms with Crippen molar-refractivity contribution in [3.05, 3.63) is 0 Å². The monoisotopic (exact) mass is 749 g/mol. The lowest BCUT2D eigenvalue weighted by Gasteiger charge is -2.54. The number of rotatable bonds is 12. The van der Waals surface area contributed by atoms with Crippen molar-refractivity contribution in [2.75, 3.05) is 0 Å². The smallest absolute Gasteiger partial charge is 0.309 e. The Hall–Kier alpha value is -1.43. The number of Topliss-reactive ketones (excluding diaryl/α,β-unsaturated/α-hetero) is 2. The minimum Gasteiger partial charge on any atom is -0.481 e. The van der Waals surface area contributed by atoms with E-state index in [1.54, 1.807) is 0 Å². The largest absolute Gasteiger partial charge is 0.481 e. The molecule has 5 fully saturated rings. The molecule has 0 unspecified atom stereocenters. The van der Waals surface area contributed by atoms with Crippen molar-refractivity contribution in [2.24, 2.45) is 41.4 Å². The van der Waals surface area contributed by atoms with Crippen molar-refractivity contribution >= 4 is 17.5 Å². The molecule has 5 heterocycles. The third-order valence-electron chi connectivity index (χ3n) is 14.9. The zero-order valence-electron chi connectivity index (χ0n) is 34.7. The number of aliphatic hydroxyl groups is 1. The molecule has 5 aliphatic heterocycles. The van der Waals surface area contributed by atoms with Crippen LogP contribution in [0.5, 0.6) is 0 Å². The van der Waals surface area contributed by atoms with Crippen LogP contribution in [0.2, 0.25) is 0 Å². The molecule has 5 aliphatic rings. The second-order valence-corrected chi connectivity index (χ2v) is 18.7. The summed E-state index contributed by atoms with van der Waals surface area (Å²) in [4.78, 5) is 40.3. The quantitative estimate of drug-likeness (QED) is 0.202. The average Bonchev–Trinajstić information content (AvgIpc) is 3.45. The fraction of sp³-hybridized carbons (Fsp3) is 0.930. The molecule has 10 nitrogen and oxygen atoms in total. The molecule has 0 saturated carbocycles. The van der Waals surface area contributed by atoms with Gasteiger partial charge in [0, 0.05) is 37.0 Å². The first kappa shape index (κ1) is 42.7. The SMILES string of the molecule is CC[C@@H](C(=O)[C@@H](C)C[C@H](C)[C@@H]1O[C@@](C)([C@@H](CC)C(=O)O)CC[C@@H]1C)[C@H]1O[C@]2(CCC(=O)[C@]3(CC[C@@](C)([C@H]4CC[C@](O)(CC)[C@H](C)O4)O3)O2)[C@H](C)C[C@@H]1C. The van der Waals surface area contributed by atoms with Crippen molar-refractivity contribution in [1.29, 1.82) is 0 Å². The topological polar surface area (TPSA) is 138 Å². The number of carbonyl (C=O) groups excluding carboxylic acids is 2. The molecule has 53 heavy (non-hydrogen) atoms. The lowest BCUT2D eigenvalue weighted by atomic mass is 9.72. The van der Waals surface area contributed by atoms with Gasteiger partial charge in [0.05, 0.1) is 47.1 Å². The molecular weight excluding hydrogens is 676 g/mol. The molecule has 0 aliphatic carbocycles. The van der Waals surface area contributed by atoms with Gasteiger partial charge in [0.25, 0.3) is 0 Å². The second kappa shape index (κ2) is 15.8. The summed E-state index contributed by atoms with van der Waals surface area (Å²) in [6.07, 6.45) is 6.61. The number of ketones is 2. The first-order valence-corrected chi connectivity index (χ1v) is 21.2. The number of hydrogen-bond donors (Lipinski definition) is 2. The van der Waals surface area contributed by atoms with Crippen LogP contribution in [0, 0.1) is 41.4 Å². The van der Waals surface area contributed by atoms with Gasteiger partial charge in [-0.2, -0.15) is 0 Å². The van der Waals surface area contributed by atoms with E-state index >= 15 is 0 Å². The summed E-state index contributed by atoms with van der Waals surface area (Å²) < 4.78 is 33.9. The van der Waals surface area contributed by atoms with Crippen molar-refractivity contribution < 1.29 is 48.3 Å². The maximum absolute atomic E-state index is 14.4. The molecule has 5 rings (SSSR count). The maximum atomic E-state index is 14.4. The van der Waals surface area contributed by atoms with Crippen LogP contribution in [-0.2, 0) is 38.1 Å². The molecule has 16 atom stereocenters. The van der Waals surface area contributed by atoms with Crippen LogP contribution in [0.1, 0.15) is 160 Å². The van der Waals surface area contributed by atoms with Gasteiger partial charge < -0.3 is 33.9 Å². The Morgan fingerprint density at radius 3 is 2.17 bits per heavy atom. The molecule has 304 valence electrons. The zero-order chi connectivity index (χ0) is 39.3. The summed E-state index contributed by atoms with van der Waals surface area (Å²) in [6, 6.07) is 0. The third-order valence-corrected chi connectivity index (χ3v) is 14.9. The molecule has 2 spiro atoms. The van der Waals surface area contributed by atoms with E-state index < -0.39 is 40.3 Å². The van der Waals surface area contributed by atoms with E-state index in [1.165, 1.54) is 0 Å². The highest BCUT2D eigenvalue weighted by Crippen LogP contribution is 2.55. The second-order valence-electron chi connectivity index (χ2n) is 18.7. The van der Waals surface area contributed by atoms with Gasteiger partial charge in [0.15, 0.2) is 11.6 Å². The van der Waals surface area contributed by atoms with E-state index in [-0.39, 0.29) is 77.9 Å². The highest BCUT2D eigenvalue weighted by molar-refractivity contribution is 5.87. The van der Waals surface area contributed by atoms with Gasteiger partial charge in [-0.05, 0) is 103 Å². The van der Waals surface area contributed by atoms with Crippen LogP contribution in [0.15, 0.2) is 0 Å². The summed E-state index contributed by atoms with van der Waals surface area (Å²) in [6.45, 7) is 22.4. The predicted molar refractivity (Wildman–Crippen MR) is 201 cm³/mol. The molecule has 0 bridgehead atoms. The fourth-order valence-electron chi connectivity index (χ4n) is 11.2. The van der Waals surface area contributed by atoms with Crippen LogP contribution < -0.4 is 0 Å². The van der Waals surface area contributed by atoms with Gasteiger partial charge in [-0.3, -0.25) is 14.4 Å². The molecular formula is C43H72O10. The number of hydrogen-bond acceptors (Lipinski definition) is 9. The fourth-order valence-corrected chi connectivity index (χ4v) is 11.2. The van der Waals surface area contributed by atoms with E-state index in [2.05, 4.69) is 34.6 Å². The van der Waals surface area contributed by atoms with Gasteiger partial charge >= 0.3 is 5.97 Å². The van der Waals surface area contributed by atoms with Gasteiger partial charge in [0.1, 0.15) is 5.78 Å². The van der Waals surface area contributed by atoms with Crippen molar-refractivity contribution in [3.63, 3.8) is 0 Å². The highest BCUT2D eigenvalue weighted by atomic mass is 16.8. The Labute approximate surface area is 319 Å². The standard InChI is InChI=1S/C43H72O10/c1-12-31(35(45)26(5)23-27(6)36-25(4)15-18-39(10,50-36)32(13-2)38(46)47)37-28(7)24-29(8)42(51-37)20-16-33(44)43(53-42)22-21-40(11,52-43)34-17-19-41(48,14-3)30(9)49-34/h25-32,34,36-37,48H,12-24H2,1-11H3,(H,46,47)/t25-,26-,27-,28-,29+,30-,31-,32-,34+,36+,37-,39+,40-,41+,42-,43-/m0/s1. The third kappa shape index (κ3) is 7.94. The van der Waals surface area contributed by atoms with Crippen molar-refractivity contribution in [3.8, 4) is 0 Å². The normalized spacial score (nSPS) is 45.9. The molecule has 0 radical (unpaired) electrons. The van der Waals surface area contributed by atoms with Gasteiger partial charge in [-0.15, -0.1) is 0 Å².